The Hall–Kier alpha value is -2.83. The molecule has 1 fully saturated rings. The highest BCUT2D eigenvalue weighted by molar-refractivity contribution is 6.10. The molecule has 0 unspecified atom stereocenters. The van der Waals surface area contributed by atoms with E-state index >= 15 is 0 Å². The van der Waals surface area contributed by atoms with Crippen LogP contribution in [0.3, 0.4) is 0 Å². The molecule has 0 saturated carbocycles. The lowest BCUT2D eigenvalue weighted by molar-refractivity contribution is -0.141. The van der Waals surface area contributed by atoms with Gasteiger partial charge in [-0.25, -0.2) is 4.79 Å². The van der Waals surface area contributed by atoms with Crippen LogP contribution in [0.15, 0.2) is 36.6 Å². The van der Waals surface area contributed by atoms with Gasteiger partial charge in [-0.2, -0.15) is 0 Å². The maximum absolute atomic E-state index is 12.1. The number of carbonyl (C=O) groups is 3. The molecule has 1 aromatic rings. The Balaban J connectivity index is 2.06. The Morgan fingerprint density at radius 2 is 1.91 bits per heavy atom. The van der Waals surface area contributed by atoms with Crippen molar-refractivity contribution in [1.82, 2.24) is 0 Å². The van der Waals surface area contributed by atoms with Crippen molar-refractivity contribution >= 4 is 23.9 Å². The zero-order valence-corrected chi connectivity index (χ0v) is 12.1. The van der Waals surface area contributed by atoms with Crippen LogP contribution in [0.5, 0.6) is 5.75 Å². The van der Waals surface area contributed by atoms with Crippen molar-refractivity contribution in [2.24, 2.45) is 0 Å². The molecule has 1 heterocycles. The number of methoxy groups -OCH3 is 2. The Bertz CT molecular complexity index is 595. The first-order valence-electron chi connectivity index (χ1n) is 6.44. The van der Waals surface area contributed by atoms with Gasteiger partial charge in [0.2, 0.25) is 6.10 Å². The largest absolute Gasteiger partial charge is 0.497 e. The molecule has 0 bridgehead atoms. The van der Waals surface area contributed by atoms with E-state index in [1.54, 1.807) is 24.3 Å². The number of hydrogen-bond donors (Lipinski definition) is 0. The monoisotopic (exact) mass is 305 g/mol. The lowest BCUT2D eigenvalue weighted by Gasteiger charge is -2.42. The Kier molecular flexibility index (Phi) is 4.77. The van der Waals surface area contributed by atoms with Gasteiger partial charge in [-0.1, -0.05) is 0 Å². The molecule has 1 aliphatic rings. The van der Waals surface area contributed by atoms with Crippen molar-refractivity contribution in [3.63, 3.8) is 0 Å². The lowest BCUT2D eigenvalue weighted by atomic mass is 9.98. The molecule has 7 heteroatoms. The Labute approximate surface area is 127 Å². The summed E-state index contributed by atoms with van der Waals surface area (Å²) in [6, 6.07) is 5.98. The van der Waals surface area contributed by atoms with Gasteiger partial charge in [-0.3, -0.25) is 9.69 Å². The molecule has 2 rings (SSSR count). The second kappa shape index (κ2) is 6.75. The Morgan fingerprint density at radius 1 is 1.23 bits per heavy atom. The van der Waals surface area contributed by atoms with E-state index in [0.717, 1.165) is 12.3 Å². The molecule has 0 N–H and O–H groups in total. The number of carbonyl (C=O) groups excluding carboxylic acids is 3. The second-order valence-corrected chi connectivity index (χ2v) is 4.42. The summed E-state index contributed by atoms with van der Waals surface area (Å²) in [6.45, 7) is 0. The predicted octanol–water partition coefficient (Wildman–Crippen LogP) is 0.681. The molecule has 0 spiro atoms. The number of esters is 1. The summed E-state index contributed by atoms with van der Waals surface area (Å²) in [5.74, 6) is -0.327. The van der Waals surface area contributed by atoms with E-state index in [4.69, 9.17) is 9.47 Å². The van der Waals surface area contributed by atoms with Gasteiger partial charge in [0.05, 0.1) is 26.6 Å². The van der Waals surface area contributed by atoms with E-state index in [-0.39, 0.29) is 5.91 Å². The predicted molar refractivity (Wildman–Crippen MR) is 76.4 cm³/mol. The van der Waals surface area contributed by atoms with Crippen molar-refractivity contribution in [2.45, 2.75) is 12.1 Å². The van der Waals surface area contributed by atoms with Gasteiger partial charge in [0.1, 0.15) is 18.1 Å². The van der Waals surface area contributed by atoms with Crippen molar-refractivity contribution < 1.29 is 28.6 Å². The minimum absolute atomic E-state index is 0.364. The summed E-state index contributed by atoms with van der Waals surface area (Å²) < 4.78 is 14.6. The fraction of sp³-hybridized carbons (Fsp3) is 0.267. The molecular weight excluding hydrogens is 290 g/mol. The first kappa shape index (κ1) is 15.6. The first-order valence-corrected chi connectivity index (χ1v) is 6.44. The quantitative estimate of drug-likeness (QED) is 0.253. The summed E-state index contributed by atoms with van der Waals surface area (Å²) in [7, 11) is 2.76. The van der Waals surface area contributed by atoms with Gasteiger partial charge in [0.15, 0.2) is 0 Å². The van der Waals surface area contributed by atoms with E-state index in [1.165, 1.54) is 19.1 Å². The van der Waals surface area contributed by atoms with Crippen LogP contribution in [0.25, 0.3) is 0 Å². The van der Waals surface area contributed by atoms with Gasteiger partial charge in [0.25, 0.3) is 5.91 Å². The van der Waals surface area contributed by atoms with Crippen molar-refractivity contribution in [3.8, 4) is 5.75 Å². The van der Waals surface area contributed by atoms with Crippen molar-refractivity contribution in [3.05, 3.63) is 36.6 Å². The number of hydrogen-bond acceptors (Lipinski definition) is 6. The Morgan fingerprint density at radius 3 is 2.45 bits per heavy atom. The average Bonchev–Trinajstić information content (AvgIpc) is 2.56. The number of benzene rings is 1. The number of β-lactam (4-membered cyclic amide) rings is 1. The lowest BCUT2D eigenvalue weighted by Crippen LogP contribution is -2.66. The highest BCUT2D eigenvalue weighted by atomic mass is 16.5. The molecule has 7 nitrogen and oxygen atoms in total. The molecule has 1 saturated heterocycles. The normalized spacial score (nSPS) is 20.5. The van der Waals surface area contributed by atoms with Gasteiger partial charge in [-0.05, 0) is 24.3 Å². The van der Waals surface area contributed by atoms with Crippen molar-refractivity contribution in [2.75, 3.05) is 19.1 Å². The highest BCUT2D eigenvalue weighted by Crippen LogP contribution is 2.30. The smallest absolute Gasteiger partial charge is 0.333 e. The summed E-state index contributed by atoms with van der Waals surface area (Å²) >= 11 is 0. The fourth-order valence-electron chi connectivity index (χ4n) is 2.04. The molecule has 2 atom stereocenters. The topological polar surface area (TPSA) is 82.1 Å². The van der Waals surface area contributed by atoms with Crippen LogP contribution in [-0.4, -0.2) is 44.5 Å². The number of aldehydes is 1. The molecule has 1 amide bonds. The van der Waals surface area contributed by atoms with Crippen LogP contribution >= 0.6 is 0 Å². The highest BCUT2D eigenvalue weighted by Gasteiger charge is 2.49. The van der Waals surface area contributed by atoms with Crippen LogP contribution in [0.2, 0.25) is 0 Å². The zero-order valence-electron chi connectivity index (χ0n) is 12.1. The van der Waals surface area contributed by atoms with E-state index in [9.17, 15) is 14.4 Å². The summed E-state index contributed by atoms with van der Waals surface area (Å²) in [4.78, 5) is 35.5. The van der Waals surface area contributed by atoms with Crippen LogP contribution in [0.4, 0.5) is 5.69 Å². The fourth-order valence-corrected chi connectivity index (χ4v) is 2.04. The van der Waals surface area contributed by atoms with E-state index < -0.39 is 18.1 Å². The third-order valence-corrected chi connectivity index (χ3v) is 3.21. The molecule has 0 aliphatic carbocycles. The van der Waals surface area contributed by atoms with Crippen LogP contribution < -0.4 is 9.64 Å². The van der Waals surface area contributed by atoms with E-state index in [0.29, 0.717) is 17.7 Å². The molecule has 1 aromatic carbocycles. The van der Waals surface area contributed by atoms with Crippen LogP contribution in [0.1, 0.15) is 0 Å². The molecule has 0 radical (unpaired) electrons. The molecule has 1 aliphatic heterocycles. The molecule has 22 heavy (non-hydrogen) atoms. The number of amides is 1. The zero-order chi connectivity index (χ0) is 16.1. The standard InChI is InChI=1S/C15H15NO6/c1-20-11-5-3-10(4-6-11)16-12(9-17)14(15(16)19)22-8-7-13(18)21-2/h3-9,12,14H,1-2H3/b8-7+/t12-,14+/m0/s1. The minimum Gasteiger partial charge on any atom is -0.497 e. The second-order valence-electron chi connectivity index (χ2n) is 4.42. The first-order chi connectivity index (χ1) is 10.6. The molecule has 0 aromatic heterocycles. The molecule has 116 valence electrons. The van der Waals surface area contributed by atoms with Crippen LogP contribution in [-0.2, 0) is 23.9 Å². The molecular formula is C15H15NO6. The number of rotatable bonds is 6. The number of nitrogens with zero attached hydrogens (tertiary/aromatic N) is 1. The van der Waals surface area contributed by atoms with Gasteiger partial charge >= 0.3 is 5.97 Å². The third kappa shape index (κ3) is 2.93. The summed E-state index contributed by atoms with van der Waals surface area (Å²) in [5, 5.41) is 0. The minimum atomic E-state index is -0.944. The summed E-state index contributed by atoms with van der Waals surface area (Å²) in [6.07, 6.45) is 1.77. The average molecular weight is 305 g/mol. The van der Waals surface area contributed by atoms with Crippen molar-refractivity contribution in [1.29, 1.82) is 0 Å². The number of ether oxygens (including phenoxy) is 3. The van der Waals surface area contributed by atoms with E-state index in [2.05, 4.69) is 4.74 Å². The SMILES string of the molecule is COC(=O)/C=C/O[C@H]1C(=O)N(c2ccc(OC)cc2)[C@H]1C=O. The van der Waals surface area contributed by atoms with Gasteiger partial charge in [-0.15, -0.1) is 0 Å². The summed E-state index contributed by atoms with van der Waals surface area (Å²) in [5.41, 5.74) is 0.569. The van der Waals surface area contributed by atoms with Crippen LogP contribution in [0, 0.1) is 0 Å². The van der Waals surface area contributed by atoms with Gasteiger partial charge in [0, 0.05) is 5.69 Å². The van der Waals surface area contributed by atoms with Gasteiger partial charge < -0.3 is 19.0 Å². The maximum atomic E-state index is 12.1. The number of anilines is 1. The maximum Gasteiger partial charge on any atom is 0.333 e. The third-order valence-electron chi connectivity index (χ3n) is 3.21. The van der Waals surface area contributed by atoms with E-state index in [1.807, 2.05) is 0 Å².